The van der Waals surface area contributed by atoms with Gasteiger partial charge in [0.1, 0.15) is 5.52 Å². The second-order valence-electron chi connectivity index (χ2n) is 5.41. The zero-order valence-electron chi connectivity index (χ0n) is 12.4. The van der Waals surface area contributed by atoms with Crippen molar-refractivity contribution in [2.24, 2.45) is 16.8 Å². The van der Waals surface area contributed by atoms with Gasteiger partial charge in [-0.05, 0) is 31.2 Å². The van der Waals surface area contributed by atoms with Gasteiger partial charge in [0.05, 0.1) is 5.71 Å². The number of carbonyl (C=O) groups is 1. The van der Waals surface area contributed by atoms with Crippen LogP contribution in [0.3, 0.4) is 0 Å². The lowest BCUT2D eigenvalue weighted by molar-refractivity contribution is -0.121. The van der Waals surface area contributed by atoms with E-state index in [9.17, 15) is 4.79 Å². The van der Waals surface area contributed by atoms with Gasteiger partial charge >= 0.3 is 0 Å². The molecule has 0 spiro atoms. The number of benzene rings is 1. The maximum absolute atomic E-state index is 11.3. The molecule has 0 fully saturated rings. The van der Waals surface area contributed by atoms with Gasteiger partial charge in [-0.15, -0.1) is 0 Å². The molecular weight excluding hydrogens is 282 g/mol. The summed E-state index contributed by atoms with van der Waals surface area (Å²) in [5, 5.41) is 7.27. The molecule has 1 aromatic carbocycles. The summed E-state index contributed by atoms with van der Waals surface area (Å²) in [5.74, 6) is 0.0328. The van der Waals surface area contributed by atoms with Crippen molar-refractivity contribution in [2.75, 3.05) is 18.4 Å². The van der Waals surface area contributed by atoms with Crippen LogP contribution in [0.4, 0.5) is 6.01 Å². The van der Waals surface area contributed by atoms with Gasteiger partial charge in [0.2, 0.25) is 5.91 Å². The third-order valence-corrected chi connectivity index (χ3v) is 3.60. The van der Waals surface area contributed by atoms with Gasteiger partial charge in [0.15, 0.2) is 5.58 Å². The molecule has 1 aliphatic heterocycles. The van der Waals surface area contributed by atoms with E-state index in [1.54, 1.807) is 0 Å². The maximum atomic E-state index is 11.3. The van der Waals surface area contributed by atoms with Crippen LogP contribution in [0, 0.1) is 5.92 Å². The maximum Gasteiger partial charge on any atom is 0.295 e. The predicted octanol–water partition coefficient (Wildman–Crippen LogP) is 1.45. The molecule has 0 radical (unpaired) electrons. The normalized spacial score (nSPS) is 18.2. The quantitative estimate of drug-likeness (QED) is 0.725. The molecule has 2 aromatic rings. The monoisotopic (exact) mass is 301 g/mol. The molecule has 1 atom stereocenters. The SMILES string of the molecule is CC1CC(=O)NN=C1c1ccc2oc(NCCCN)nc2c1. The fraction of sp³-hybridized carbons (Fsp3) is 0.400. The summed E-state index contributed by atoms with van der Waals surface area (Å²) in [4.78, 5) is 15.7. The van der Waals surface area contributed by atoms with Crippen molar-refractivity contribution < 1.29 is 9.21 Å². The minimum absolute atomic E-state index is 0.0508. The van der Waals surface area contributed by atoms with E-state index in [1.807, 2.05) is 25.1 Å². The first-order valence-electron chi connectivity index (χ1n) is 7.38. The van der Waals surface area contributed by atoms with E-state index >= 15 is 0 Å². The molecule has 7 heteroatoms. The van der Waals surface area contributed by atoms with E-state index in [-0.39, 0.29) is 11.8 Å². The molecule has 2 heterocycles. The third kappa shape index (κ3) is 2.94. The van der Waals surface area contributed by atoms with E-state index in [1.165, 1.54) is 0 Å². The van der Waals surface area contributed by atoms with Crippen LogP contribution in [-0.2, 0) is 4.79 Å². The number of hydrogen-bond acceptors (Lipinski definition) is 6. The smallest absolute Gasteiger partial charge is 0.295 e. The fourth-order valence-electron chi connectivity index (χ4n) is 2.46. The van der Waals surface area contributed by atoms with Gasteiger partial charge in [0, 0.05) is 24.4 Å². The van der Waals surface area contributed by atoms with Gasteiger partial charge in [0.25, 0.3) is 6.01 Å². The molecule has 1 amide bonds. The number of nitrogens with one attached hydrogen (secondary N) is 2. The number of hydrogen-bond donors (Lipinski definition) is 3. The summed E-state index contributed by atoms with van der Waals surface area (Å²) in [6.07, 6.45) is 1.31. The Bertz CT molecular complexity index is 722. The molecule has 0 saturated carbocycles. The van der Waals surface area contributed by atoms with Gasteiger partial charge < -0.3 is 15.5 Å². The Morgan fingerprint density at radius 3 is 3.14 bits per heavy atom. The number of nitrogens with two attached hydrogens (primary N) is 1. The van der Waals surface area contributed by atoms with Crippen LogP contribution < -0.4 is 16.5 Å². The van der Waals surface area contributed by atoms with Crippen LogP contribution in [-0.4, -0.2) is 29.7 Å². The Hall–Kier alpha value is -2.41. The standard InChI is InChI=1S/C15H19N5O2/c1-9-7-13(21)19-20-14(9)10-3-4-12-11(8-10)18-15(22-12)17-6-2-5-16/h3-4,8-9H,2,5-7,16H2,1H3,(H,17,18)(H,19,21). The van der Waals surface area contributed by atoms with Gasteiger partial charge in [-0.25, -0.2) is 5.43 Å². The van der Waals surface area contributed by atoms with Crippen LogP contribution in [0.5, 0.6) is 0 Å². The van der Waals surface area contributed by atoms with Gasteiger partial charge in [-0.3, -0.25) is 4.79 Å². The van der Waals surface area contributed by atoms with Crippen LogP contribution in [0.2, 0.25) is 0 Å². The van der Waals surface area contributed by atoms with E-state index in [4.69, 9.17) is 10.2 Å². The van der Waals surface area contributed by atoms with Gasteiger partial charge in [-0.2, -0.15) is 10.1 Å². The molecule has 7 nitrogen and oxygen atoms in total. The third-order valence-electron chi connectivity index (χ3n) is 3.60. The predicted molar refractivity (Wildman–Crippen MR) is 84.6 cm³/mol. The van der Waals surface area contributed by atoms with Crippen molar-refractivity contribution in [3.8, 4) is 0 Å². The van der Waals surface area contributed by atoms with E-state index in [2.05, 4.69) is 20.8 Å². The Morgan fingerprint density at radius 2 is 2.36 bits per heavy atom. The average Bonchev–Trinajstić information content (AvgIpc) is 2.89. The number of oxazole rings is 1. The molecular formula is C15H19N5O2. The highest BCUT2D eigenvalue weighted by Crippen LogP contribution is 2.23. The summed E-state index contributed by atoms with van der Waals surface area (Å²) in [5.41, 5.74) is 11.3. The lowest BCUT2D eigenvalue weighted by Gasteiger charge is -2.18. The second-order valence-corrected chi connectivity index (χ2v) is 5.41. The number of carbonyl (C=O) groups excluding carboxylic acids is 1. The molecule has 3 rings (SSSR count). The molecule has 0 bridgehead atoms. The Morgan fingerprint density at radius 1 is 1.50 bits per heavy atom. The van der Waals surface area contributed by atoms with Crippen molar-refractivity contribution in [1.29, 1.82) is 0 Å². The van der Waals surface area contributed by atoms with E-state index in [0.29, 0.717) is 24.6 Å². The number of amides is 1. The molecule has 22 heavy (non-hydrogen) atoms. The average molecular weight is 301 g/mol. The second kappa shape index (κ2) is 6.15. The summed E-state index contributed by atoms with van der Waals surface area (Å²) in [6.45, 7) is 3.34. The van der Waals surface area contributed by atoms with Crippen LogP contribution in [0.25, 0.3) is 11.1 Å². The number of hydrazone groups is 1. The number of aromatic nitrogens is 1. The van der Waals surface area contributed by atoms with Crippen molar-refractivity contribution in [2.45, 2.75) is 19.8 Å². The summed E-state index contributed by atoms with van der Waals surface area (Å²) in [6, 6.07) is 6.23. The Labute approximate surface area is 128 Å². The van der Waals surface area contributed by atoms with Crippen LogP contribution >= 0.6 is 0 Å². The summed E-state index contributed by atoms with van der Waals surface area (Å²) >= 11 is 0. The Balaban J connectivity index is 1.85. The number of rotatable bonds is 5. The minimum Gasteiger partial charge on any atom is -0.424 e. The molecule has 1 unspecified atom stereocenters. The molecule has 0 saturated heterocycles. The van der Waals surface area contributed by atoms with Crippen molar-refractivity contribution in [3.05, 3.63) is 23.8 Å². The van der Waals surface area contributed by atoms with Crippen LogP contribution in [0.15, 0.2) is 27.7 Å². The topological polar surface area (TPSA) is 106 Å². The molecule has 116 valence electrons. The number of fused-ring (bicyclic) bond motifs is 1. The van der Waals surface area contributed by atoms with Crippen molar-refractivity contribution in [1.82, 2.24) is 10.4 Å². The highest BCUT2D eigenvalue weighted by atomic mass is 16.4. The first kappa shape index (κ1) is 14.5. The summed E-state index contributed by atoms with van der Waals surface area (Å²) < 4.78 is 5.63. The Kier molecular flexibility index (Phi) is 4.06. The minimum atomic E-state index is -0.0508. The van der Waals surface area contributed by atoms with Crippen molar-refractivity contribution >= 4 is 28.7 Å². The molecule has 1 aliphatic rings. The lowest BCUT2D eigenvalue weighted by atomic mass is 9.94. The first-order chi connectivity index (χ1) is 10.7. The highest BCUT2D eigenvalue weighted by Gasteiger charge is 2.22. The number of anilines is 1. The lowest BCUT2D eigenvalue weighted by Crippen LogP contribution is -2.31. The number of nitrogens with zero attached hydrogens (tertiary/aromatic N) is 2. The van der Waals surface area contributed by atoms with E-state index < -0.39 is 0 Å². The van der Waals surface area contributed by atoms with Crippen molar-refractivity contribution in [3.63, 3.8) is 0 Å². The molecule has 0 aliphatic carbocycles. The fourth-order valence-corrected chi connectivity index (χ4v) is 2.46. The first-order valence-corrected chi connectivity index (χ1v) is 7.38. The largest absolute Gasteiger partial charge is 0.424 e. The zero-order valence-corrected chi connectivity index (χ0v) is 12.4. The zero-order chi connectivity index (χ0) is 15.5. The highest BCUT2D eigenvalue weighted by molar-refractivity contribution is 6.07. The van der Waals surface area contributed by atoms with E-state index in [0.717, 1.165) is 29.8 Å². The van der Waals surface area contributed by atoms with Crippen LogP contribution in [0.1, 0.15) is 25.3 Å². The summed E-state index contributed by atoms with van der Waals surface area (Å²) in [7, 11) is 0. The van der Waals surface area contributed by atoms with Gasteiger partial charge in [-0.1, -0.05) is 6.92 Å². The molecule has 1 aromatic heterocycles. The molecule has 4 N–H and O–H groups in total.